The molecule has 0 saturated carbocycles. The maximum atomic E-state index is 12.5. The maximum absolute atomic E-state index is 12.5. The maximum Gasteiger partial charge on any atom is 0.273 e. The van der Waals surface area contributed by atoms with Crippen molar-refractivity contribution in [2.75, 3.05) is 19.7 Å². The van der Waals surface area contributed by atoms with Crippen molar-refractivity contribution in [1.29, 1.82) is 0 Å². The average molecular weight is 332 g/mol. The van der Waals surface area contributed by atoms with Gasteiger partial charge >= 0.3 is 0 Å². The van der Waals surface area contributed by atoms with Crippen LogP contribution in [0.5, 0.6) is 0 Å². The molecule has 2 heterocycles. The number of thiazole rings is 1. The lowest BCUT2D eigenvalue weighted by atomic mass is 10.2. The largest absolute Gasteiger partial charge is 0.388 e. The van der Waals surface area contributed by atoms with Crippen LogP contribution >= 0.6 is 11.3 Å². The molecule has 1 aromatic carbocycles. The zero-order chi connectivity index (χ0) is 16.2. The summed E-state index contributed by atoms with van der Waals surface area (Å²) in [5.74, 6) is -0.137. The van der Waals surface area contributed by atoms with Gasteiger partial charge in [-0.3, -0.25) is 4.79 Å². The summed E-state index contributed by atoms with van der Waals surface area (Å²) in [7, 11) is 0. The van der Waals surface area contributed by atoms with Crippen LogP contribution in [0, 0.1) is 0 Å². The number of hydrogen-bond acceptors (Lipinski definition) is 5. The first-order valence-electron chi connectivity index (χ1n) is 7.74. The summed E-state index contributed by atoms with van der Waals surface area (Å²) >= 11 is 1.49. The van der Waals surface area contributed by atoms with Gasteiger partial charge in [-0.2, -0.15) is 0 Å². The fourth-order valence-corrected chi connectivity index (χ4v) is 3.53. The van der Waals surface area contributed by atoms with Gasteiger partial charge in [0.05, 0.1) is 11.1 Å². The Labute approximate surface area is 139 Å². The van der Waals surface area contributed by atoms with Crippen LogP contribution in [0.3, 0.4) is 0 Å². The highest BCUT2D eigenvalue weighted by atomic mass is 32.1. The Hall–Kier alpha value is -1.76. The molecule has 0 radical (unpaired) electrons. The van der Waals surface area contributed by atoms with Gasteiger partial charge in [-0.15, -0.1) is 11.3 Å². The minimum absolute atomic E-state index is 0.137. The van der Waals surface area contributed by atoms with Crippen molar-refractivity contribution in [3.63, 3.8) is 0 Å². The highest BCUT2D eigenvalue weighted by molar-refractivity contribution is 7.09. The molecule has 1 aliphatic heterocycles. The van der Waals surface area contributed by atoms with Gasteiger partial charge in [0.2, 0.25) is 0 Å². The van der Waals surface area contributed by atoms with E-state index in [9.17, 15) is 9.90 Å². The second-order valence-electron chi connectivity index (χ2n) is 5.56. The van der Waals surface area contributed by atoms with Crippen molar-refractivity contribution in [2.45, 2.75) is 25.6 Å². The van der Waals surface area contributed by atoms with E-state index in [2.05, 4.69) is 4.98 Å². The fraction of sp³-hybridized carbons (Fsp3) is 0.412. The summed E-state index contributed by atoms with van der Waals surface area (Å²) in [5, 5.41) is 12.7. The summed E-state index contributed by atoms with van der Waals surface area (Å²) < 4.78 is 5.45. The smallest absolute Gasteiger partial charge is 0.273 e. The van der Waals surface area contributed by atoms with E-state index in [1.54, 1.807) is 10.3 Å². The number of aromatic nitrogens is 1. The van der Waals surface area contributed by atoms with Gasteiger partial charge in [0.25, 0.3) is 5.91 Å². The topological polar surface area (TPSA) is 62.7 Å². The monoisotopic (exact) mass is 332 g/mol. The Morgan fingerprint density at radius 1 is 1.39 bits per heavy atom. The molecule has 1 N–H and O–H groups in total. The SMILES string of the molecule is CCO[C@@H]1CN(C(=O)c2csc(Cc3ccccc3)n2)C[C@H]1O. The predicted molar refractivity (Wildman–Crippen MR) is 88.7 cm³/mol. The third-order valence-electron chi connectivity index (χ3n) is 3.87. The summed E-state index contributed by atoms with van der Waals surface area (Å²) in [6, 6.07) is 10.1. The normalized spacial score (nSPS) is 20.9. The Morgan fingerprint density at radius 2 is 2.17 bits per heavy atom. The number of aliphatic hydroxyl groups is 1. The Kier molecular flexibility index (Phi) is 5.05. The molecular formula is C17H20N2O3S. The summed E-state index contributed by atoms with van der Waals surface area (Å²) in [4.78, 5) is 18.6. The Balaban J connectivity index is 1.65. The molecule has 2 aromatic rings. The molecule has 0 bridgehead atoms. The first-order chi connectivity index (χ1) is 11.2. The van der Waals surface area contributed by atoms with Gasteiger partial charge in [-0.1, -0.05) is 30.3 Å². The molecule has 0 aliphatic carbocycles. The van der Waals surface area contributed by atoms with Crippen LogP contribution in [-0.2, 0) is 11.2 Å². The molecule has 122 valence electrons. The molecule has 5 nitrogen and oxygen atoms in total. The predicted octanol–water partition coefficient (Wildman–Crippen LogP) is 1.96. The number of hydrogen-bond donors (Lipinski definition) is 1. The third kappa shape index (κ3) is 3.77. The van der Waals surface area contributed by atoms with Crippen LogP contribution < -0.4 is 0 Å². The molecular weight excluding hydrogens is 312 g/mol. The van der Waals surface area contributed by atoms with Crippen LogP contribution in [0.4, 0.5) is 0 Å². The molecule has 0 unspecified atom stereocenters. The van der Waals surface area contributed by atoms with E-state index >= 15 is 0 Å². The number of benzene rings is 1. The molecule has 6 heteroatoms. The first-order valence-corrected chi connectivity index (χ1v) is 8.62. The van der Waals surface area contributed by atoms with Crippen molar-refractivity contribution >= 4 is 17.2 Å². The number of rotatable bonds is 5. The van der Waals surface area contributed by atoms with E-state index in [1.165, 1.54) is 16.9 Å². The van der Waals surface area contributed by atoms with E-state index in [0.29, 0.717) is 25.4 Å². The number of aliphatic hydroxyl groups excluding tert-OH is 1. The number of ether oxygens (including phenoxy) is 1. The first kappa shape index (κ1) is 16.1. The van der Waals surface area contributed by atoms with E-state index in [0.717, 1.165) is 11.4 Å². The summed E-state index contributed by atoms with van der Waals surface area (Å²) in [6.07, 6.45) is -0.198. The Bertz CT molecular complexity index is 659. The van der Waals surface area contributed by atoms with Gasteiger partial charge in [0.1, 0.15) is 11.8 Å². The van der Waals surface area contributed by atoms with E-state index in [1.807, 2.05) is 37.3 Å². The molecule has 1 aliphatic rings. The standard InChI is InChI=1S/C17H20N2O3S/c1-2-22-15-10-19(9-14(15)20)17(21)13-11-23-16(18-13)8-12-6-4-3-5-7-12/h3-7,11,14-15,20H,2,8-10H2,1H3/t14-,15-/m1/s1. The van der Waals surface area contributed by atoms with Crippen LogP contribution in [0.2, 0.25) is 0 Å². The Morgan fingerprint density at radius 3 is 2.91 bits per heavy atom. The second-order valence-corrected chi connectivity index (χ2v) is 6.50. The van der Waals surface area contributed by atoms with Gasteiger partial charge in [-0.05, 0) is 12.5 Å². The van der Waals surface area contributed by atoms with E-state index in [4.69, 9.17) is 4.74 Å². The van der Waals surface area contributed by atoms with Gasteiger partial charge in [0.15, 0.2) is 0 Å². The zero-order valence-corrected chi connectivity index (χ0v) is 13.8. The van der Waals surface area contributed by atoms with Crippen molar-refractivity contribution < 1.29 is 14.6 Å². The minimum atomic E-state index is -0.624. The van der Waals surface area contributed by atoms with Crippen molar-refractivity contribution in [3.05, 3.63) is 52.0 Å². The summed E-state index contributed by atoms with van der Waals surface area (Å²) in [5.41, 5.74) is 1.62. The third-order valence-corrected chi connectivity index (χ3v) is 4.72. The number of nitrogens with zero attached hydrogens (tertiary/aromatic N) is 2. The minimum Gasteiger partial charge on any atom is -0.388 e. The molecule has 0 spiro atoms. The second kappa shape index (κ2) is 7.21. The van der Waals surface area contributed by atoms with Gasteiger partial charge in [-0.25, -0.2) is 4.98 Å². The van der Waals surface area contributed by atoms with Crippen LogP contribution in [0.25, 0.3) is 0 Å². The number of amides is 1. The lowest BCUT2D eigenvalue weighted by Gasteiger charge is -2.14. The highest BCUT2D eigenvalue weighted by Gasteiger charge is 2.35. The quantitative estimate of drug-likeness (QED) is 0.909. The molecule has 1 amide bonds. The van der Waals surface area contributed by atoms with Crippen molar-refractivity contribution in [1.82, 2.24) is 9.88 Å². The highest BCUT2D eigenvalue weighted by Crippen LogP contribution is 2.19. The molecule has 3 rings (SSSR count). The van der Waals surface area contributed by atoms with Crippen molar-refractivity contribution in [2.24, 2.45) is 0 Å². The van der Waals surface area contributed by atoms with Crippen LogP contribution in [0.15, 0.2) is 35.7 Å². The van der Waals surface area contributed by atoms with Gasteiger partial charge in [0, 0.05) is 31.5 Å². The fourth-order valence-electron chi connectivity index (χ4n) is 2.72. The molecule has 1 fully saturated rings. The summed E-state index contributed by atoms with van der Waals surface area (Å²) in [6.45, 7) is 3.13. The number of carbonyl (C=O) groups excluding carboxylic acids is 1. The lowest BCUT2D eigenvalue weighted by molar-refractivity contribution is -0.00237. The van der Waals surface area contributed by atoms with E-state index in [-0.39, 0.29) is 12.0 Å². The number of β-amino-alcohol motifs (C(OH)–C–C–N with tert-alkyl or cyclic N) is 1. The molecule has 2 atom stereocenters. The number of carbonyl (C=O) groups is 1. The van der Waals surface area contributed by atoms with Gasteiger partial charge < -0.3 is 14.7 Å². The van der Waals surface area contributed by atoms with Crippen LogP contribution in [-0.4, -0.2) is 52.8 Å². The lowest BCUT2D eigenvalue weighted by Crippen LogP contribution is -2.30. The molecule has 1 saturated heterocycles. The van der Waals surface area contributed by atoms with Crippen LogP contribution in [0.1, 0.15) is 28.0 Å². The average Bonchev–Trinajstić information content (AvgIpc) is 3.16. The van der Waals surface area contributed by atoms with Crippen molar-refractivity contribution in [3.8, 4) is 0 Å². The molecule has 1 aromatic heterocycles. The van der Waals surface area contributed by atoms with E-state index < -0.39 is 6.10 Å². The zero-order valence-electron chi connectivity index (χ0n) is 13.0. The number of likely N-dealkylation sites (tertiary alicyclic amines) is 1. The molecule has 23 heavy (non-hydrogen) atoms.